The third-order valence-electron chi connectivity index (χ3n) is 2.22. The Kier molecular flexibility index (Phi) is 4.94. The lowest BCUT2D eigenvalue weighted by Crippen LogP contribution is -2.13. The summed E-state index contributed by atoms with van der Waals surface area (Å²) in [7, 11) is 0. The van der Waals surface area contributed by atoms with Crippen molar-refractivity contribution in [3.05, 3.63) is 35.4 Å². The minimum Gasteiger partial charge on any atom is -0.387 e. The maximum absolute atomic E-state index is 9.65. The van der Waals surface area contributed by atoms with Crippen molar-refractivity contribution in [3.8, 4) is 0 Å². The van der Waals surface area contributed by atoms with Crippen molar-refractivity contribution in [1.29, 1.82) is 0 Å². The van der Waals surface area contributed by atoms with E-state index in [1.807, 2.05) is 24.3 Å². The zero-order valence-corrected chi connectivity index (χ0v) is 8.87. The van der Waals surface area contributed by atoms with E-state index in [4.69, 9.17) is 17.3 Å². The quantitative estimate of drug-likeness (QED) is 0.734. The molecule has 0 saturated carbocycles. The summed E-state index contributed by atoms with van der Waals surface area (Å²) in [5.74, 6) is 0.646. The fourth-order valence-electron chi connectivity index (χ4n) is 1.47. The van der Waals surface area contributed by atoms with Gasteiger partial charge in [0.2, 0.25) is 0 Å². The normalized spacial score (nSPS) is 12.8. The molecule has 1 aromatic rings. The molecular weight excluding hydrogens is 198 g/mol. The molecular formula is C11H16ClNO. The first kappa shape index (κ1) is 11.5. The molecule has 0 bridgehead atoms. The van der Waals surface area contributed by atoms with Gasteiger partial charge in [-0.15, -0.1) is 11.6 Å². The summed E-state index contributed by atoms with van der Waals surface area (Å²) < 4.78 is 0. The van der Waals surface area contributed by atoms with Gasteiger partial charge in [-0.3, -0.25) is 0 Å². The molecule has 0 fully saturated rings. The second-order valence-electron chi connectivity index (χ2n) is 3.24. The fourth-order valence-corrected chi connectivity index (χ4v) is 1.60. The van der Waals surface area contributed by atoms with Crippen LogP contribution in [0.5, 0.6) is 0 Å². The molecule has 14 heavy (non-hydrogen) atoms. The summed E-state index contributed by atoms with van der Waals surface area (Å²) in [5, 5.41) is 9.65. The van der Waals surface area contributed by atoms with E-state index in [2.05, 4.69) is 0 Å². The van der Waals surface area contributed by atoms with Crippen molar-refractivity contribution in [3.63, 3.8) is 0 Å². The highest BCUT2D eigenvalue weighted by Gasteiger charge is 2.09. The molecule has 1 atom stereocenters. The average molecular weight is 214 g/mol. The molecule has 0 saturated heterocycles. The molecule has 1 unspecified atom stereocenters. The van der Waals surface area contributed by atoms with Crippen LogP contribution in [-0.2, 0) is 6.42 Å². The van der Waals surface area contributed by atoms with Gasteiger partial charge >= 0.3 is 0 Å². The van der Waals surface area contributed by atoms with E-state index in [1.165, 1.54) is 0 Å². The van der Waals surface area contributed by atoms with Gasteiger partial charge in [-0.05, 0) is 24.0 Å². The van der Waals surface area contributed by atoms with Crippen molar-refractivity contribution in [1.82, 2.24) is 0 Å². The Bertz CT molecular complexity index is 278. The van der Waals surface area contributed by atoms with Crippen molar-refractivity contribution >= 4 is 11.6 Å². The number of aliphatic hydroxyl groups excluding tert-OH is 1. The lowest BCUT2D eigenvalue weighted by Gasteiger charge is -2.13. The summed E-state index contributed by atoms with van der Waals surface area (Å²) in [6.07, 6.45) is 1.27. The minimum absolute atomic E-state index is 0.262. The summed E-state index contributed by atoms with van der Waals surface area (Å²) in [5.41, 5.74) is 7.50. The monoisotopic (exact) mass is 213 g/mol. The highest BCUT2D eigenvalue weighted by atomic mass is 35.5. The number of benzene rings is 1. The molecule has 78 valence electrons. The number of nitrogens with two attached hydrogens (primary N) is 1. The minimum atomic E-state index is -0.554. The van der Waals surface area contributed by atoms with E-state index in [-0.39, 0.29) is 6.54 Å². The van der Waals surface area contributed by atoms with Crippen molar-refractivity contribution in [2.24, 2.45) is 5.73 Å². The zero-order valence-electron chi connectivity index (χ0n) is 8.12. The van der Waals surface area contributed by atoms with Crippen LogP contribution >= 0.6 is 11.6 Å². The van der Waals surface area contributed by atoms with E-state index < -0.39 is 6.10 Å². The van der Waals surface area contributed by atoms with Crippen LogP contribution in [0.25, 0.3) is 0 Å². The Morgan fingerprint density at radius 2 is 2.07 bits per heavy atom. The van der Waals surface area contributed by atoms with Gasteiger partial charge in [0.1, 0.15) is 0 Å². The maximum atomic E-state index is 9.65. The van der Waals surface area contributed by atoms with Crippen LogP contribution in [0.15, 0.2) is 24.3 Å². The number of hydrogen-bond donors (Lipinski definition) is 2. The van der Waals surface area contributed by atoms with Crippen molar-refractivity contribution in [2.45, 2.75) is 18.9 Å². The van der Waals surface area contributed by atoms with E-state index in [0.717, 1.165) is 24.0 Å². The summed E-state index contributed by atoms with van der Waals surface area (Å²) in [6.45, 7) is 0.262. The summed E-state index contributed by atoms with van der Waals surface area (Å²) in [6, 6.07) is 7.82. The van der Waals surface area contributed by atoms with Crippen LogP contribution in [0.2, 0.25) is 0 Å². The smallest absolute Gasteiger partial charge is 0.0914 e. The van der Waals surface area contributed by atoms with E-state index >= 15 is 0 Å². The molecule has 3 N–H and O–H groups in total. The Morgan fingerprint density at radius 3 is 2.71 bits per heavy atom. The van der Waals surface area contributed by atoms with Crippen molar-refractivity contribution in [2.75, 3.05) is 12.4 Å². The Labute approximate surface area is 89.7 Å². The second kappa shape index (κ2) is 6.02. The molecule has 0 aliphatic heterocycles. The van der Waals surface area contributed by atoms with Crippen LogP contribution in [0, 0.1) is 0 Å². The van der Waals surface area contributed by atoms with Crippen LogP contribution in [-0.4, -0.2) is 17.5 Å². The largest absolute Gasteiger partial charge is 0.387 e. The number of aliphatic hydroxyl groups is 1. The molecule has 0 aliphatic rings. The lowest BCUT2D eigenvalue weighted by atomic mass is 9.99. The standard InChI is InChI=1S/C11H16ClNO/c12-7-3-5-9-4-1-2-6-10(9)11(14)8-13/h1-2,4,6,11,14H,3,5,7-8,13H2. The molecule has 2 nitrogen and oxygen atoms in total. The van der Waals surface area contributed by atoms with Gasteiger partial charge in [-0.1, -0.05) is 24.3 Å². The van der Waals surface area contributed by atoms with Gasteiger partial charge in [0.25, 0.3) is 0 Å². The molecule has 0 heterocycles. The second-order valence-corrected chi connectivity index (χ2v) is 3.62. The fraction of sp³-hybridized carbons (Fsp3) is 0.455. The third kappa shape index (κ3) is 2.98. The number of alkyl halides is 1. The highest BCUT2D eigenvalue weighted by molar-refractivity contribution is 6.17. The average Bonchev–Trinajstić information content (AvgIpc) is 2.25. The molecule has 1 rings (SSSR count). The van der Waals surface area contributed by atoms with E-state index in [0.29, 0.717) is 5.88 Å². The molecule has 3 heteroatoms. The van der Waals surface area contributed by atoms with E-state index in [1.54, 1.807) is 0 Å². The zero-order chi connectivity index (χ0) is 10.4. The molecule has 0 aliphatic carbocycles. The van der Waals surface area contributed by atoms with Crippen LogP contribution in [0.1, 0.15) is 23.7 Å². The topological polar surface area (TPSA) is 46.2 Å². The maximum Gasteiger partial charge on any atom is 0.0914 e. The Hall–Kier alpha value is -0.570. The third-order valence-corrected chi connectivity index (χ3v) is 2.48. The van der Waals surface area contributed by atoms with Gasteiger partial charge in [0.15, 0.2) is 0 Å². The van der Waals surface area contributed by atoms with Crippen LogP contribution in [0.4, 0.5) is 0 Å². The van der Waals surface area contributed by atoms with Gasteiger partial charge in [-0.2, -0.15) is 0 Å². The first-order valence-electron chi connectivity index (χ1n) is 4.81. The van der Waals surface area contributed by atoms with Gasteiger partial charge in [-0.25, -0.2) is 0 Å². The van der Waals surface area contributed by atoms with Crippen molar-refractivity contribution < 1.29 is 5.11 Å². The molecule has 0 radical (unpaired) electrons. The number of aryl methyl sites for hydroxylation is 1. The Balaban J connectivity index is 2.79. The molecule has 1 aromatic carbocycles. The van der Waals surface area contributed by atoms with Gasteiger partial charge in [0.05, 0.1) is 6.10 Å². The first-order valence-corrected chi connectivity index (χ1v) is 5.35. The number of halogens is 1. The molecule has 0 spiro atoms. The van der Waals surface area contributed by atoms with E-state index in [9.17, 15) is 5.11 Å². The summed E-state index contributed by atoms with van der Waals surface area (Å²) >= 11 is 5.63. The molecule has 0 amide bonds. The first-order chi connectivity index (χ1) is 6.79. The summed E-state index contributed by atoms with van der Waals surface area (Å²) in [4.78, 5) is 0. The lowest BCUT2D eigenvalue weighted by molar-refractivity contribution is 0.185. The predicted molar refractivity (Wildman–Crippen MR) is 59.5 cm³/mol. The van der Waals surface area contributed by atoms with Gasteiger partial charge < -0.3 is 10.8 Å². The van der Waals surface area contributed by atoms with Crippen LogP contribution in [0.3, 0.4) is 0 Å². The number of hydrogen-bond acceptors (Lipinski definition) is 2. The Morgan fingerprint density at radius 1 is 1.36 bits per heavy atom. The van der Waals surface area contributed by atoms with Crippen LogP contribution < -0.4 is 5.73 Å². The highest BCUT2D eigenvalue weighted by Crippen LogP contribution is 2.18. The van der Waals surface area contributed by atoms with Gasteiger partial charge in [0, 0.05) is 12.4 Å². The SMILES string of the molecule is NCC(O)c1ccccc1CCCCl. The predicted octanol–water partition coefficient (Wildman–Crippen LogP) is 1.85. The molecule has 0 aromatic heterocycles. The number of rotatable bonds is 5.